The van der Waals surface area contributed by atoms with Gasteiger partial charge in [0.1, 0.15) is 5.75 Å². The Balaban J connectivity index is 1.55. The van der Waals surface area contributed by atoms with E-state index in [1.807, 2.05) is 47.5 Å². The maximum atomic E-state index is 14.0. The topological polar surface area (TPSA) is 44.8 Å². The summed E-state index contributed by atoms with van der Waals surface area (Å²) >= 11 is 0. The van der Waals surface area contributed by atoms with E-state index in [4.69, 9.17) is 4.74 Å². The Hall–Kier alpha value is -3.83. The first-order valence-electron chi connectivity index (χ1n) is 10.8. The van der Waals surface area contributed by atoms with Crippen LogP contribution in [0.5, 0.6) is 5.75 Å². The zero-order chi connectivity index (χ0) is 21.9. The third-order valence-corrected chi connectivity index (χ3v) is 6.45. The maximum absolute atomic E-state index is 14.0. The first-order valence-corrected chi connectivity index (χ1v) is 10.8. The second-order valence-corrected chi connectivity index (χ2v) is 8.38. The molecule has 3 aromatic carbocycles. The lowest BCUT2D eigenvalue weighted by molar-refractivity contribution is -0.167. The van der Waals surface area contributed by atoms with Crippen molar-refractivity contribution in [2.24, 2.45) is 0 Å². The first-order chi connectivity index (χ1) is 15.6. The smallest absolute Gasteiger partial charge is 0.294 e. The molecule has 0 saturated carbocycles. The van der Waals surface area contributed by atoms with E-state index in [1.54, 1.807) is 11.0 Å². The summed E-state index contributed by atoms with van der Waals surface area (Å²) in [6.45, 7) is 6.34. The van der Waals surface area contributed by atoms with Crippen LogP contribution in [-0.4, -0.2) is 17.5 Å². The number of rotatable bonds is 3. The summed E-state index contributed by atoms with van der Waals surface area (Å²) in [5, 5.41) is 1.97. The van der Waals surface area contributed by atoms with Crippen LogP contribution >= 0.6 is 0 Å². The van der Waals surface area contributed by atoms with Gasteiger partial charge in [-0.25, -0.2) is 0 Å². The quantitative estimate of drug-likeness (QED) is 0.624. The van der Waals surface area contributed by atoms with Gasteiger partial charge in [-0.05, 0) is 30.7 Å². The SMILES string of the molecule is C=CCN1C(=O)[C@]2(Oc3ccccc3[C@@H]3C=C(c4ccc(C)cc4)NN32)c2ccccc21. The van der Waals surface area contributed by atoms with Crippen LogP contribution < -0.4 is 15.1 Å². The minimum absolute atomic E-state index is 0.121. The van der Waals surface area contributed by atoms with E-state index in [-0.39, 0.29) is 11.9 Å². The molecule has 3 aromatic rings. The number of para-hydroxylation sites is 2. The predicted octanol–water partition coefficient (Wildman–Crippen LogP) is 4.68. The molecule has 1 amide bonds. The standard InChI is InChI=1S/C27H23N3O2/c1-3-16-29-23-10-6-5-9-21(23)27(26(29)31)30-24(20-8-4-7-11-25(20)32-27)17-22(28-30)19-14-12-18(2)13-15-19/h3-15,17,24,28H,1,16H2,2H3/t24-,27+/m0/s1. The average Bonchev–Trinajstić information content (AvgIpc) is 3.36. The van der Waals surface area contributed by atoms with Crippen LogP contribution in [0, 0.1) is 6.92 Å². The number of benzene rings is 3. The molecule has 5 heteroatoms. The summed E-state index contributed by atoms with van der Waals surface area (Å²) in [6.07, 6.45) is 3.93. The molecule has 1 spiro atoms. The zero-order valence-electron chi connectivity index (χ0n) is 17.8. The number of nitrogens with one attached hydrogen (secondary N) is 1. The van der Waals surface area contributed by atoms with E-state index in [2.05, 4.69) is 55.3 Å². The molecule has 0 aliphatic carbocycles. The van der Waals surface area contributed by atoms with Gasteiger partial charge in [-0.1, -0.05) is 72.3 Å². The van der Waals surface area contributed by atoms with Crippen molar-refractivity contribution in [3.63, 3.8) is 0 Å². The number of hydrazine groups is 1. The molecule has 0 bridgehead atoms. The highest BCUT2D eigenvalue weighted by Crippen LogP contribution is 2.54. The fourth-order valence-electron chi connectivity index (χ4n) is 4.94. The fraction of sp³-hybridized carbons (Fsp3) is 0.148. The van der Waals surface area contributed by atoms with E-state index in [0.29, 0.717) is 6.54 Å². The molecule has 3 heterocycles. The van der Waals surface area contributed by atoms with Gasteiger partial charge >= 0.3 is 0 Å². The van der Waals surface area contributed by atoms with Crippen molar-refractivity contribution in [1.29, 1.82) is 0 Å². The molecule has 1 N–H and O–H groups in total. The van der Waals surface area contributed by atoms with Crippen molar-refractivity contribution in [2.45, 2.75) is 18.7 Å². The van der Waals surface area contributed by atoms with Gasteiger partial charge in [0.05, 0.1) is 17.4 Å². The predicted molar refractivity (Wildman–Crippen MR) is 125 cm³/mol. The summed E-state index contributed by atoms with van der Waals surface area (Å²) in [7, 11) is 0. The van der Waals surface area contributed by atoms with Gasteiger partial charge in [0.25, 0.3) is 11.6 Å². The molecule has 0 unspecified atom stereocenters. The van der Waals surface area contributed by atoms with Crippen molar-refractivity contribution in [2.75, 3.05) is 11.4 Å². The van der Waals surface area contributed by atoms with Crippen molar-refractivity contribution in [3.05, 3.63) is 114 Å². The van der Waals surface area contributed by atoms with E-state index in [0.717, 1.165) is 33.8 Å². The summed E-state index contributed by atoms with van der Waals surface area (Å²) in [6, 6.07) is 24.0. The molecule has 0 radical (unpaired) electrons. The van der Waals surface area contributed by atoms with Crippen molar-refractivity contribution in [3.8, 4) is 5.75 Å². The number of nitrogens with zero attached hydrogens (tertiary/aromatic N) is 2. The number of carbonyl (C=O) groups excluding carboxylic acids is 1. The van der Waals surface area contributed by atoms with E-state index in [9.17, 15) is 4.79 Å². The second kappa shape index (κ2) is 6.84. The number of anilines is 1. The monoisotopic (exact) mass is 421 g/mol. The number of hydrogen-bond donors (Lipinski definition) is 1. The summed E-state index contributed by atoms with van der Waals surface area (Å²) < 4.78 is 6.62. The Kier molecular flexibility index (Phi) is 4.04. The fourth-order valence-corrected chi connectivity index (χ4v) is 4.94. The van der Waals surface area contributed by atoms with Crippen LogP contribution in [-0.2, 0) is 10.5 Å². The van der Waals surface area contributed by atoms with Gasteiger partial charge in [-0.15, -0.1) is 6.58 Å². The number of hydrogen-bond acceptors (Lipinski definition) is 4. The lowest BCUT2D eigenvalue weighted by Crippen LogP contribution is -2.62. The molecular weight excluding hydrogens is 398 g/mol. The van der Waals surface area contributed by atoms with Crippen molar-refractivity contribution in [1.82, 2.24) is 10.4 Å². The molecule has 2 atom stereocenters. The Bertz CT molecular complexity index is 1280. The Morgan fingerprint density at radius 1 is 1.06 bits per heavy atom. The minimum Gasteiger partial charge on any atom is -0.457 e. The molecule has 5 nitrogen and oxygen atoms in total. The summed E-state index contributed by atoms with van der Waals surface area (Å²) in [5.41, 5.74) is 8.17. The molecule has 158 valence electrons. The first kappa shape index (κ1) is 18.9. The molecule has 0 fully saturated rings. The largest absolute Gasteiger partial charge is 0.457 e. The lowest BCUT2D eigenvalue weighted by atomic mass is 9.95. The van der Waals surface area contributed by atoms with Crippen LogP contribution in [0.4, 0.5) is 5.69 Å². The molecule has 0 saturated heterocycles. The highest BCUT2D eigenvalue weighted by molar-refractivity contribution is 6.07. The number of amides is 1. The van der Waals surface area contributed by atoms with Gasteiger partial charge in [0, 0.05) is 17.7 Å². The van der Waals surface area contributed by atoms with E-state index in [1.165, 1.54) is 5.56 Å². The normalized spacial score (nSPS) is 23.2. The van der Waals surface area contributed by atoms with Crippen molar-refractivity contribution < 1.29 is 9.53 Å². The third kappa shape index (κ3) is 2.46. The molecule has 32 heavy (non-hydrogen) atoms. The molecule has 6 rings (SSSR count). The summed E-state index contributed by atoms with van der Waals surface area (Å²) in [5.74, 6) is 0.602. The maximum Gasteiger partial charge on any atom is 0.294 e. The second-order valence-electron chi connectivity index (χ2n) is 8.38. The molecule has 3 aliphatic rings. The van der Waals surface area contributed by atoms with Gasteiger partial charge in [-0.2, -0.15) is 5.01 Å². The Morgan fingerprint density at radius 2 is 1.81 bits per heavy atom. The van der Waals surface area contributed by atoms with Gasteiger partial charge in [0.2, 0.25) is 0 Å². The molecule has 0 aromatic heterocycles. The van der Waals surface area contributed by atoms with Crippen LogP contribution in [0.25, 0.3) is 5.70 Å². The number of fused-ring (bicyclic) bond motifs is 6. The van der Waals surface area contributed by atoms with Crippen molar-refractivity contribution >= 4 is 17.3 Å². The third-order valence-electron chi connectivity index (χ3n) is 6.45. The average molecular weight is 422 g/mol. The summed E-state index contributed by atoms with van der Waals surface area (Å²) in [4.78, 5) is 15.8. The van der Waals surface area contributed by atoms with Crippen LogP contribution in [0.15, 0.2) is 91.5 Å². The molecular formula is C27H23N3O2. The zero-order valence-corrected chi connectivity index (χ0v) is 17.8. The lowest BCUT2D eigenvalue weighted by Gasteiger charge is -2.45. The minimum atomic E-state index is -1.30. The van der Waals surface area contributed by atoms with E-state index < -0.39 is 5.72 Å². The van der Waals surface area contributed by atoms with Gasteiger partial charge in [-0.3, -0.25) is 4.79 Å². The van der Waals surface area contributed by atoms with Crippen LogP contribution in [0.1, 0.15) is 28.3 Å². The van der Waals surface area contributed by atoms with Gasteiger partial charge in [0.15, 0.2) is 0 Å². The number of aryl methyl sites for hydroxylation is 1. The number of ether oxygens (including phenoxy) is 1. The highest BCUT2D eigenvalue weighted by Gasteiger charge is 2.62. The highest BCUT2D eigenvalue weighted by atomic mass is 16.5. The van der Waals surface area contributed by atoms with E-state index >= 15 is 0 Å². The molecule has 3 aliphatic heterocycles. The van der Waals surface area contributed by atoms with Crippen LogP contribution in [0.3, 0.4) is 0 Å². The number of carbonyl (C=O) groups is 1. The van der Waals surface area contributed by atoms with Gasteiger partial charge < -0.3 is 15.1 Å². The Labute approximate surface area is 187 Å². The van der Waals surface area contributed by atoms with Crippen LogP contribution in [0.2, 0.25) is 0 Å². The Morgan fingerprint density at radius 3 is 2.62 bits per heavy atom.